The number of rotatable bonds is 1. The quantitative estimate of drug-likeness (QED) is 0.814. The summed E-state index contributed by atoms with van der Waals surface area (Å²) in [4.78, 5) is 8.88. The molecule has 1 aliphatic rings. The number of thiazole rings is 1. The third-order valence-corrected chi connectivity index (χ3v) is 4.48. The van der Waals surface area contributed by atoms with Crippen molar-refractivity contribution in [2.24, 2.45) is 5.41 Å². The predicted octanol–water partition coefficient (Wildman–Crippen LogP) is 3.14. The van der Waals surface area contributed by atoms with Crippen LogP contribution in [0.25, 0.3) is 10.7 Å². The molecule has 0 amide bonds. The minimum atomic E-state index is -0.352. The van der Waals surface area contributed by atoms with E-state index in [1.807, 2.05) is 18.3 Å². The molecule has 1 atom stereocenters. The number of H-pyrrole nitrogens is 1. The van der Waals surface area contributed by atoms with E-state index in [-0.39, 0.29) is 11.5 Å². The van der Waals surface area contributed by atoms with Crippen molar-refractivity contribution in [3.05, 3.63) is 28.9 Å². The molecular weight excluding hydrogens is 232 g/mol. The van der Waals surface area contributed by atoms with Crippen molar-refractivity contribution >= 4 is 11.3 Å². The summed E-state index contributed by atoms with van der Waals surface area (Å²) < 4.78 is 0. The van der Waals surface area contributed by atoms with Crippen LogP contribution in [0.1, 0.15) is 36.9 Å². The SMILES string of the molecule is CC1(C)Cc2nc(-c3ccc[nH]3)sc2C(O)C1. The highest BCUT2D eigenvalue weighted by atomic mass is 32.1. The molecule has 0 bridgehead atoms. The minimum Gasteiger partial charge on any atom is -0.387 e. The van der Waals surface area contributed by atoms with Gasteiger partial charge in [0.15, 0.2) is 0 Å². The van der Waals surface area contributed by atoms with Gasteiger partial charge in [0.05, 0.1) is 22.4 Å². The lowest BCUT2D eigenvalue weighted by atomic mass is 9.77. The first-order valence-corrected chi connectivity index (χ1v) is 6.68. The number of aliphatic hydroxyl groups excluding tert-OH is 1. The van der Waals surface area contributed by atoms with E-state index in [1.54, 1.807) is 11.3 Å². The monoisotopic (exact) mass is 248 g/mol. The van der Waals surface area contributed by atoms with E-state index in [2.05, 4.69) is 23.8 Å². The summed E-state index contributed by atoms with van der Waals surface area (Å²) in [6, 6.07) is 3.98. The van der Waals surface area contributed by atoms with Gasteiger partial charge in [0.25, 0.3) is 0 Å². The first kappa shape index (κ1) is 11.0. The van der Waals surface area contributed by atoms with E-state index in [1.165, 1.54) is 0 Å². The van der Waals surface area contributed by atoms with Crippen LogP contribution in [-0.4, -0.2) is 15.1 Å². The molecule has 0 aliphatic heterocycles. The van der Waals surface area contributed by atoms with Gasteiger partial charge in [0.1, 0.15) is 5.01 Å². The van der Waals surface area contributed by atoms with Gasteiger partial charge in [-0.2, -0.15) is 0 Å². The third-order valence-electron chi connectivity index (χ3n) is 3.25. The molecule has 17 heavy (non-hydrogen) atoms. The molecule has 0 fully saturated rings. The Hall–Kier alpha value is -1.13. The number of aromatic amines is 1. The predicted molar refractivity (Wildman–Crippen MR) is 69.0 cm³/mol. The molecule has 4 heteroatoms. The van der Waals surface area contributed by atoms with Crippen LogP contribution in [-0.2, 0) is 6.42 Å². The van der Waals surface area contributed by atoms with Gasteiger partial charge in [0.2, 0.25) is 0 Å². The van der Waals surface area contributed by atoms with Gasteiger partial charge < -0.3 is 10.1 Å². The van der Waals surface area contributed by atoms with Gasteiger partial charge in [-0.05, 0) is 30.4 Å². The van der Waals surface area contributed by atoms with Crippen LogP contribution in [0, 0.1) is 5.41 Å². The maximum Gasteiger partial charge on any atom is 0.140 e. The highest BCUT2D eigenvalue weighted by Crippen LogP contribution is 2.44. The van der Waals surface area contributed by atoms with Crippen LogP contribution < -0.4 is 0 Å². The Morgan fingerprint density at radius 2 is 2.35 bits per heavy atom. The summed E-state index contributed by atoms with van der Waals surface area (Å²) in [5.41, 5.74) is 2.26. The first-order chi connectivity index (χ1) is 8.05. The lowest BCUT2D eigenvalue weighted by Crippen LogP contribution is -2.24. The van der Waals surface area contributed by atoms with Crippen LogP contribution in [0.2, 0.25) is 0 Å². The average Bonchev–Trinajstić information content (AvgIpc) is 2.81. The van der Waals surface area contributed by atoms with Crippen LogP contribution in [0.15, 0.2) is 18.3 Å². The number of fused-ring (bicyclic) bond motifs is 1. The van der Waals surface area contributed by atoms with Gasteiger partial charge in [-0.1, -0.05) is 13.8 Å². The van der Waals surface area contributed by atoms with Crippen molar-refractivity contribution in [1.29, 1.82) is 0 Å². The summed E-state index contributed by atoms with van der Waals surface area (Å²) in [5, 5.41) is 11.2. The van der Waals surface area contributed by atoms with Gasteiger partial charge in [-0.3, -0.25) is 0 Å². The summed E-state index contributed by atoms with van der Waals surface area (Å²) in [7, 11) is 0. The molecule has 1 unspecified atom stereocenters. The van der Waals surface area contributed by atoms with E-state index >= 15 is 0 Å². The largest absolute Gasteiger partial charge is 0.387 e. The van der Waals surface area contributed by atoms with Crippen molar-refractivity contribution in [2.75, 3.05) is 0 Å². The lowest BCUT2D eigenvalue weighted by molar-refractivity contribution is 0.102. The van der Waals surface area contributed by atoms with Crippen molar-refractivity contribution < 1.29 is 5.11 Å². The molecule has 0 aromatic carbocycles. The van der Waals surface area contributed by atoms with Gasteiger partial charge in [-0.15, -0.1) is 11.3 Å². The maximum atomic E-state index is 10.2. The lowest BCUT2D eigenvalue weighted by Gasteiger charge is -2.31. The normalized spacial score (nSPS) is 22.4. The number of nitrogens with one attached hydrogen (secondary N) is 1. The second-order valence-electron chi connectivity index (χ2n) is 5.47. The fourth-order valence-corrected chi connectivity index (χ4v) is 3.53. The van der Waals surface area contributed by atoms with Crippen molar-refractivity contribution in [1.82, 2.24) is 9.97 Å². The van der Waals surface area contributed by atoms with E-state index in [0.717, 1.165) is 34.1 Å². The molecule has 1 aliphatic carbocycles. The molecule has 2 N–H and O–H groups in total. The Morgan fingerprint density at radius 1 is 1.53 bits per heavy atom. The number of nitrogens with zero attached hydrogens (tertiary/aromatic N) is 1. The highest BCUT2D eigenvalue weighted by molar-refractivity contribution is 7.15. The standard InChI is InChI=1S/C13H16N2OS/c1-13(2)6-9-11(10(16)7-13)17-12(15-9)8-4-3-5-14-8/h3-5,10,14,16H,6-7H2,1-2H3. The van der Waals surface area contributed by atoms with Gasteiger partial charge in [0, 0.05) is 6.20 Å². The number of hydrogen-bond donors (Lipinski definition) is 2. The fraction of sp³-hybridized carbons (Fsp3) is 0.462. The van der Waals surface area contributed by atoms with E-state index in [9.17, 15) is 5.11 Å². The molecule has 2 heterocycles. The van der Waals surface area contributed by atoms with Crippen LogP contribution in [0.5, 0.6) is 0 Å². The van der Waals surface area contributed by atoms with Crippen LogP contribution in [0.4, 0.5) is 0 Å². The van der Waals surface area contributed by atoms with Gasteiger partial charge >= 0.3 is 0 Å². The van der Waals surface area contributed by atoms with E-state index in [4.69, 9.17) is 0 Å². The summed E-state index contributed by atoms with van der Waals surface area (Å²) >= 11 is 1.61. The number of hydrogen-bond acceptors (Lipinski definition) is 3. The Labute approximate surface area is 105 Å². The molecule has 0 radical (unpaired) electrons. The van der Waals surface area contributed by atoms with Crippen LogP contribution >= 0.6 is 11.3 Å². The Morgan fingerprint density at radius 3 is 3.06 bits per heavy atom. The zero-order valence-electron chi connectivity index (χ0n) is 10.0. The summed E-state index contributed by atoms with van der Waals surface area (Å²) in [6.07, 6.45) is 3.33. The molecule has 3 rings (SSSR count). The molecule has 0 saturated heterocycles. The topological polar surface area (TPSA) is 48.9 Å². The number of aromatic nitrogens is 2. The maximum absolute atomic E-state index is 10.2. The smallest absolute Gasteiger partial charge is 0.140 e. The molecule has 2 aromatic rings. The summed E-state index contributed by atoms with van der Waals surface area (Å²) in [6.45, 7) is 4.37. The molecular formula is C13H16N2OS. The zero-order valence-corrected chi connectivity index (χ0v) is 10.8. The molecule has 0 spiro atoms. The van der Waals surface area contributed by atoms with Crippen molar-refractivity contribution in [3.63, 3.8) is 0 Å². The first-order valence-electron chi connectivity index (χ1n) is 5.87. The van der Waals surface area contributed by atoms with E-state index < -0.39 is 0 Å². The third kappa shape index (κ3) is 1.91. The average molecular weight is 248 g/mol. The van der Waals surface area contributed by atoms with Crippen molar-refractivity contribution in [2.45, 2.75) is 32.8 Å². The second-order valence-corrected chi connectivity index (χ2v) is 6.51. The molecule has 2 aromatic heterocycles. The Balaban J connectivity index is 2.04. The fourth-order valence-electron chi connectivity index (χ4n) is 2.47. The molecule has 90 valence electrons. The second kappa shape index (κ2) is 3.68. The Kier molecular flexibility index (Phi) is 2.38. The van der Waals surface area contributed by atoms with Crippen LogP contribution in [0.3, 0.4) is 0 Å². The molecule has 3 nitrogen and oxygen atoms in total. The summed E-state index contributed by atoms with van der Waals surface area (Å²) in [5.74, 6) is 0. The highest BCUT2D eigenvalue weighted by Gasteiger charge is 2.34. The number of aliphatic hydroxyl groups is 1. The van der Waals surface area contributed by atoms with Gasteiger partial charge in [-0.25, -0.2) is 4.98 Å². The zero-order chi connectivity index (χ0) is 12.0. The van der Waals surface area contributed by atoms with Crippen molar-refractivity contribution in [3.8, 4) is 10.7 Å². The minimum absolute atomic E-state index is 0.146. The van der Waals surface area contributed by atoms with E-state index in [0.29, 0.717) is 0 Å². The Bertz CT molecular complexity index is 528. The molecule has 0 saturated carbocycles.